The highest BCUT2D eigenvalue weighted by Gasteiger charge is 2.57. The molecule has 2 amide bonds. The summed E-state index contributed by atoms with van der Waals surface area (Å²) in [5.41, 5.74) is 0.928. The number of fused-ring (bicyclic) bond motifs is 1. The van der Waals surface area contributed by atoms with E-state index in [4.69, 9.17) is 10.00 Å². The van der Waals surface area contributed by atoms with Crippen molar-refractivity contribution < 1.29 is 14.3 Å². The van der Waals surface area contributed by atoms with Crippen LogP contribution in [0.15, 0.2) is 24.3 Å². The molecular weight excluding hydrogens is 318 g/mol. The summed E-state index contributed by atoms with van der Waals surface area (Å²) < 4.78 is 5.44. The van der Waals surface area contributed by atoms with Crippen LogP contribution in [0.5, 0.6) is 0 Å². The predicted molar refractivity (Wildman–Crippen MR) is 91.3 cm³/mol. The molecule has 1 saturated heterocycles. The Morgan fingerprint density at radius 2 is 2.00 bits per heavy atom. The second-order valence-electron chi connectivity index (χ2n) is 7.76. The average Bonchev–Trinajstić information content (AvgIpc) is 3.21. The minimum Gasteiger partial charge on any atom is -0.444 e. The molecule has 1 N–H and O–H groups in total. The molecule has 0 bridgehead atoms. The van der Waals surface area contributed by atoms with Gasteiger partial charge in [0.15, 0.2) is 0 Å². The summed E-state index contributed by atoms with van der Waals surface area (Å²) in [6.07, 6.45) is 0.576. The number of nitriles is 1. The molecule has 1 aliphatic heterocycles. The quantitative estimate of drug-likeness (QED) is 0.915. The van der Waals surface area contributed by atoms with Crippen LogP contribution in [0.3, 0.4) is 0 Å². The number of amides is 2. The Kier molecular flexibility index (Phi) is 4.42. The van der Waals surface area contributed by atoms with Gasteiger partial charge >= 0.3 is 6.09 Å². The number of benzene rings is 1. The summed E-state index contributed by atoms with van der Waals surface area (Å²) in [5.74, 6) is 0.520. The summed E-state index contributed by atoms with van der Waals surface area (Å²) in [5, 5.41) is 11.7. The van der Waals surface area contributed by atoms with Crippen LogP contribution in [-0.2, 0) is 16.1 Å². The number of piperidine rings is 1. The topological polar surface area (TPSA) is 82.4 Å². The number of nitrogens with one attached hydrogen (secondary N) is 1. The van der Waals surface area contributed by atoms with Crippen molar-refractivity contribution in [2.45, 2.75) is 45.4 Å². The van der Waals surface area contributed by atoms with E-state index in [1.165, 1.54) is 0 Å². The molecule has 1 saturated carbocycles. The maximum atomic E-state index is 12.6. The van der Waals surface area contributed by atoms with Gasteiger partial charge in [0, 0.05) is 13.1 Å². The van der Waals surface area contributed by atoms with Crippen molar-refractivity contribution in [1.29, 1.82) is 5.26 Å². The van der Waals surface area contributed by atoms with Crippen molar-refractivity contribution in [2.24, 2.45) is 11.8 Å². The van der Waals surface area contributed by atoms with Gasteiger partial charge in [0.2, 0.25) is 5.91 Å². The molecule has 2 fully saturated rings. The fourth-order valence-corrected chi connectivity index (χ4v) is 3.30. The monoisotopic (exact) mass is 341 g/mol. The molecule has 0 spiro atoms. The van der Waals surface area contributed by atoms with Crippen LogP contribution >= 0.6 is 0 Å². The summed E-state index contributed by atoms with van der Waals surface area (Å²) in [6.45, 7) is 6.43. The van der Waals surface area contributed by atoms with E-state index in [1.807, 2.05) is 32.9 Å². The number of ether oxygens (including phenoxy) is 1. The Bertz CT molecular complexity index is 715. The third kappa shape index (κ3) is 3.93. The van der Waals surface area contributed by atoms with Gasteiger partial charge in [-0.05, 0) is 56.7 Å². The molecule has 3 rings (SSSR count). The zero-order chi connectivity index (χ0) is 18.2. The zero-order valence-corrected chi connectivity index (χ0v) is 14.8. The first kappa shape index (κ1) is 17.3. The maximum absolute atomic E-state index is 12.6. The van der Waals surface area contributed by atoms with Crippen molar-refractivity contribution >= 4 is 12.0 Å². The van der Waals surface area contributed by atoms with Crippen LogP contribution in [0.4, 0.5) is 4.79 Å². The van der Waals surface area contributed by atoms with E-state index in [0.717, 1.165) is 12.0 Å². The molecule has 6 nitrogen and oxygen atoms in total. The molecule has 3 atom stereocenters. The van der Waals surface area contributed by atoms with Crippen molar-refractivity contribution in [3.63, 3.8) is 0 Å². The number of likely N-dealkylation sites (tertiary alicyclic amines) is 1. The van der Waals surface area contributed by atoms with E-state index < -0.39 is 17.7 Å². The number of rotatable bonds is 3. The Morgan fingerprint density at radius 3 is 2.60 bits per heavy atom. The van der Waals surface area contributed by atoms with Crippen LogP contribution in [0.25, 0.3) is 0 Å². The van der Waals surface area contributed by atoms with Crippen molar-refractivity contribution in [1.82, 2.24) is 10.2 Å². The lowest BCUT2D eigenvalue weighted by atomic mass is 10.1. The SMILES string of the molecule is CC(C)(C)OC(=O)N1CC2CC2C1C(=O)NCc1ccc(C#N)cc1. The summed E-state index contributed by atoms with van der Waals surface area (Å²) in [7, 11) is 0. The Balaban J connectivity index is 1.61. The highest BCUT2D eigenvalue weighted by Crippen LogP contribution is 2.49. The standard InChI is InChI=1S/C19H23N3O3/c1-19(2,3)25-18(24)22-11-14-8-15(14)16(22)17(23)21-10-13-6-4-12(9-20)5-7-13/h4-7,14-16H,8,10-11H2,1-3H3,(H,21,23). The number of carbonyl (C=O) groups is 2. The first-order valence-corrected chi connectivity index (χ1v) is 8.55. The molecule has 25 heavy (non-hydrogen) atoms. The summed E-state index contributed by atoms with van der Waals surface area (Å²) >= 11 is 0. The number of carbonyl (C=O) groups excluding carboxylic acids is 2. The van der Waals surface area contributed by atoms with E-state index in [2.05, 4.69) is 11.4 Å². The normalized spacial score (nSPS) is 24.2. The van der Waals surface area contributed by atoms with E-state index in [1.54, 1.807) is 17.0 Å². The third-order valence-electron chi connectivity index (χ3n) is 4.60. The molecule has 132 valence electrons. The van der Waals surface area contributed by atoms with Crippen LogP contribution < -0.4 is 5.32 Å². The molecule has 1 aromatic rings. The number of nitrogens with zero attached hydrogens (tertiary/aromatic N) is 2. The lowest BCUT2D eigenvalue weighted by Crippen LogP contribution is -2.49. The van der Waals surface area contributed by atoms with Gasteiger partial charge in [-0.25, -0.2) is 4.79 Å². The number of hydrogen-bond donors (Lipinski definition) is 1. The van der Waals surface area contributed by atoms with Crippen molar-refractivity contribution in [3.05, 3.63) is 35.4 Å². The highest BCUT2D eigenvalue weighted by molar-refractivity contribution is 5.87. The highest BCUT2D eigenvalue weighted by atomic mass is 16.6. The zero-order valence-electron chi connectivity index (χ0n) is 14.8. The van der Waals surface area contributed by atoms with Crippen molar-refractivity contribution in [2.75, 3.05) is 6.54 Å². The van der Waals surface area contributed by atoms with E-state index >= 15 is 0 Å². The first-order valence-electron chi connectivity index (χ1n) is 8.55. The molecule has 1 aromatic carbocycles. The largest absolute Gasteiger partial charge is 0.444 e. The second-order valence-corrected chi connectivity index (χ2v) is 7.76. The van der Waals surface area contributed by atoms with Gasteiger partial charge in [0.25, 0.3) is 0 Å². The van der Waals surface area contributed by atoms with Crippen LogP contribution in [0, 0.1) is 23.2 Å². The van der Waals surface area contributed by atoms with E-state index in [0.29, 0.717) is 24.6 Å². The molecule has 1 heterocycles. The molecule has 6 heteroatoms. The fourth-order valence-electron chi connectivity index (χ4n) is 3.30. The van der Waals surface area contributed by atoms with Crippen LogP contribution in [0.1, 0.15) is 38.3 Å². The van der Waals surface area contributed by atoms with Gasteiger partial charge in [-0.1, -0.05) is 12.1 Å². The molecule has 0 aromatic heterocycles. The smallest absolute Gasteiger partial charge is 0.410 e. The van der Waals surface area contributed by atoms with E-state index in [-0.39, 0.29) is 11.8 Å². The average molecular weight is 341 g/mol. The van der Waals surface area contributed by atoms with E-state index in [9.17, 15) is 9.59 Å². The van der Waals surface area contributed by atoms with Gasteiger partial charge in [-0.2, -0.15) is 5.26 Å². The minimum atomic E-state index is -0.576. The first-order chi connectivity index (χ1) is 11.8. The van der Waals surface area contributed by atoms with Crippen LogP contribution in [-0.4, -0.2) is 35.1 Å². The van der Waals surface area contributed by atoms with Gasteiger partial charge in [-0.15, -0.1) is 0 Å². The molecule has 2 aliphatic rings. The fraction of sp³-hybridized carbons (Fsp3) is 0.526. The lowest BCUT2D eigenvalue weighted by Gasteiger charge is -2.29. The van der Waals surface area contributed by atoms with Gasteiger partial charge in [-0.3, -0.25) is 9.69 Å². The number of hydrogen-bond acceptors (Lipinski definition) is 4. The minimum absolute atomic E-state index is 0.139. The van der Waals surface area contributed by atoms with Gasteiger partial charge < -0.3 is 10.1 Å². The molecule has 1 aliphatic carbocycles. The maximum Gasteiger partial charge on any atom is 0.410 e. The molecular formula is C19H23N3O3. The van der Waals surface area contributed by atoms with Gasteiger partial charge in [0.1, 0.15) is 11.6 Å². The van der Waals surface area contributed by atoms with Gasteiger partial charge in [0.05, 0.1) is 11.6 Å². The summed E-state index contributed by atoms with van der Waals surface area (Å²) in [4.78, 5) is 26.6. The lowest BCUT2D eigenvalue weighted by molar-refractivity contribution is -0.126. The van der Waals surface area contributed by atoms with Crippen molar-refractivity contribution in [3.8, 4) is 6.07 Å². The molecule has 0 radical (unpaired) electrons. The molecule has 3 unspecified atom stereocenters. The Hall–Kier alpha value is -2.55. The predicted octanol–water partition coefficient (Wildman–Crippen LogP) is 2.43. The second kappa shape index (κ2) is 6.40. The van der Waals surface area contributed by atoms with Crippen LogP contribution in [0.2, 0.25) is 0 Å². The third-order valence-corrected chi connectivity index (χ3v) is 4.60. The Labute approximate surface area is 147 Å². The summed E-state index contributed by atoms with van der Waals surface area (Å²) in [6, 6.07) is 8.70. The Morgan fingerprint density at radius 1 is 1.32 bits per heavy atom.